The Labute approximate surface area is 69.8 Å². The van der Waals surface area contributed by atoms with Gasteiger partial charge >= 0.3 is 0 Å². The predicted octanol–water partition coefficient (Wildman–Crippen LogP) is 1.03. The molecule has 0 aliphatic heterocycles. The maximum Gasteiger partial charge on any atom is 0.181 e. The third-order valence-corrected chi connectivity index (χ3v) is 1.37. The number of nitriles is 2. The van der Waals surface area contributed by atoms with Gasteiger partial charge in [0.25, 0.3) is 0 Å². The molecule has 12 heavy (non-hydrogen) atoms. The second kappa shape index (κ2) is 3.27. The summed E-state index contributed by atoms with van der Waals surface area (Å²) in [5.74, 6) is 0. The molecule has 58 valence electrons. The average molecular weight is 158 g/mol. The molecule has 1 aromatic rings. The Morgan fingerprint density at radius 1 is 1.33 bits per heavy atom. The number of hydrogen-bond acceptors (Lipinski definition) is 4. The Kier molecular flexibility index (Phi) is 2.15. The molecule has 0 aliphatic rings. The molecule has 4 nitrogen and oxygen atoms in total. The van der Waals surface area contributed by atoms with Crippen molar-refractivity contribution in [3.05, 3.63) is 23.8 Å². The van der Waals surface area contributed by atoms with Crippen molar-refractivity contribution in [3.63, 3.8) is 0 Å². The van der Waals surface area contributed by atoms with E-state index in [9.17, 15) is 0 Å². The molecule has 0 fully saturated rings. The van der Waals surface area contributed by atoms with Crippen molar-refractivity contribution in [3.8, 4) is 12.3 Å². The van der Waals surface area contributed by atoms with E-state index >= 15 is 0 Å². The second-order valence-electron chi connectivity index (χ2n) is 2.15. The van der Waals surface area contributed by atoms with Gasteiger partial charge in [-0.1, -0.05) is 0 Å². The van der Waals surface area contributed by atoms with Crippen molar-refractivity contribution in [2.75, 3.05) is 11.1 Å². The van der Waals surface area contributed by atoms with E-state index < -0.39 is 0 Å². The predicted molar refractivity (Wildman–Crippen MR) is 44.8 cm³/mol. The highest BCUT2D eigenvalue weighted by Gasteiger charge is 1.98. The highest BCUT2D eigenvalue weighted by Crippen LogP contribution is 2.18. The van der Waals surface area contributed by atoms with Crippen LogP contribution in [0.25, 0.3) is 0 Å². The molecule has 0 heterocycles. The molecule has 0 spiro atoms. The fourth-order valence-corrected chi connectivity index (χ4v) is 0.794. The Morgan fingerprint density at radius 2 is 2.08 bits per heavy atom. The Hall–Kier alpha value is -2.20. The van der Waals surface area contributed by atoms with Crippen molar-refractivity contribution in [2.45, 2.75) is 0 Å². The third kappa shape index (κ3) is 1.44. The summed E-state index contributed by atoms with van der Waals surface area (Å²) in [6.45, 7) is 0. The highest BCUT2D eigenvalue weighted by atomic mass is 14.9. The van der Waals surface area contributed by atoms with Crippen molar-refractivity contribution >= 4 is 11.4 Å². The molecule has 1 aromatic carbocycles. The van der Waals surface area contributed by atoms with Crippen LogP contribution in [-0.4, -0.2) is 0 Å². The summed E-state index contributed by atoms with van der Waals surface area (Å²) >= 11 is 0. The number of nitrogens with two attached hydrogens (primary N) is 1. The van der Waals surface area contributed by atoms with Crippen molar-refractivity contribution in [1.29, 1.82) is 10.5 Å². The van der Waals surface area contributed by atoms with E-state index in [0.717, 1.165) is 0 Å². The van der Waals surface area contributed by atoms with E-state index in [1.807, 2.05) is 6.07 Å². The average Bonchev–Trinajstić information content (AvgIpc) is 2.09. The molecule has 1 rings (SSSR count). The monoisotopic (exact) mass is 158 g/mol. The van der Waals surface area contributed by atoms with Gasteiger partial charge in [0.2, 0.25) is 0 Å². The Morgan fingerprint density at radius 3 is 2.67 bits per heavy atom. The van der Waals surface area contributed by atoms with Crippen LogP contribution >= 0.6 is 0 Å². The van der Waals surface area contributed by atoms with Gasteiger partial charge < -0.3 is 5.73 Å². The molecule has 0 saturated carbocycles. The summed E-state index contributed by atoms with van der Waals surface area (Å²) in [5, 5.41) is 19.2. The number of rotatable bonds is 1. The number of anilines is 2. The molecule has 0 atom stereocenters. The molecule has 4 heteroatoms. The lowest BCUT2D eigenvalue weighted by Crippen LogP contribution is -1.95. The lowest BCUT2D eigenvalue weighted by Gasteiger charge is -2.01. The van der Waals surface area contributed by atoms with E-state index in [0.29, 0.717) is 16.9 Å². The number of nitrogens with one attached hydrogen (secondary N) is 1. The van der Waals surface area contributed by atoms with Gasteiger partial charge in [0, 0.05) is 0 Å². The molecule has 0 unspecified atom stereocenters. The zero-order chi connectivity index (χ0) is 8.97. The molecular weight excluding hydrogens is 152 g/mol. The Bertz CT molecular complexity index is 370. The number of nitrogen functional groups attached to an aromatic ring is 1. The number of nitrogens with zero attached hydrogens (tertiary/aromatic N) is 2. The van der Waals surface area contributed by atoms with Gasteiger partial charge in [-0.2, -0.15) is 10.5 Å². The summed E-state index contributed by atoms with van der Waals surface area (Å²) < 4.78 is 0. The minimum Gasteiger partial charge on any atom is -0.397 e. The molecule has 0 aromatic heterocycles. The Balaban J connectivity index is 3.12. The van der Waals surface area contributed by atoms with Crippen molar-refractivity contribution in [2.24, 2.45) is 0 Å². The first-order valence-electron chi connectivity index (χ1n) is 3.22. The maximum absolute atomic E-state index is 8.52. The minimum absolute atomic E-state index is 0.454. The molecule has 0 amide bonds. The van der Waals surface area contributed by atoms with Gasteiger partial charge in [-0.3, -0.25) is 5.32 Å². The third-order valence-electron chi connectivity index (χ3n) is 1.37. The van der Waals surface area contributed by atoms with Crippen LogP contribution in [-0.2, 0) is 0 Å². The first-order chi connectivity index (χ1) is 5.77. The van der Waals surface area contributed by atoms with E-state index in [2.05, 4.69) is 5.32 Å². The zero-order valence-electron chi connectivity index (χ0n) is 6.20. The van der Waals surface area contributed by atoms with Gasteiger partial charge in [-0.15, -0.1) is 0 Å². The van der Waals surface area contributed by atoms with Crippen LogP contribution in [0.1, 0.15) is 5.56 Å². The van der Waals surface area contributed by atoms with Crippen LogP contribution in [0.2, 0.25) is 0 Å². The van der Waals surface area contributed by atoms with Crippen molar-refractivity contribution < 1.29 is 0 Å². The first kappa shape index (κ1) is 7.90. The summed E-state index contributed by atoms with van der Waals surface area (Å²) in [7, 11) is 0. The van der Waals surface area contributed by atoms with E-state index in [4.69, 9.17) is 16.3 Å². The van der Waals surface area contributed by atoms with Crippen LogP contribution in [0.3, 0.4) is 0 Å². The molecule has 0 aliphatic carbocycles. The molecule has 0 saturated heterocycles. The van der Waals surface area contributed by atoms with E-state index in [1.165, 1.54) is 6.07 Å². The smallest absolute Gasteiger partial charge is 0.181 e. The maximum atomic E-state index is 8.52. The van der Waals surface area contributed by atoms with E-state index in [1.54, 1.807) is 18.3 Å². The van der Waals surface area contributed by atoms with Gasteiger partial charge in [0.05, 0.1) is 23.0 Å². The van der Waals surface area contributed by atoms with Gasteiger partial charge in [-0.05, 0) is 18.2 Å². The van der Waals surface area contributed by atoms with Crippen LogP contribution in [0.5, 0.6) is 0 Å². The SMILES string of the molecule is N#CNc1cc(C#N)ccc1N. The van der Waals surface area contributed by atoms with Gasteiger partial charge in [0.15, 0.2) is 6.19 Å². The largest absolute Gasteiger partial charge is 0.397 e. The normalized spacial score (nSPS) is 8.17. The molecule has 0 bridgehead atoms. The number of hydrogen-bond donors (Lipinski definition) is 2. The standard InChI is InChI=1S/C8H6N4/c9-4-6-1-2-7(11)8(3-6)12-5-10/h1-3,12H,11H2. The fourth-order valence-electron chi connectivity index (χ4n) is 0.794. The summed E-state index contributed by atoms with van der Waals surface area (Å²) in [5.41, 5.74) is 6.90. The molecular formula is C8H6N4. The van der Waals surface area contributed by atoms with Crippen LogP contribution < -0.4 is 11.1 Å². The topological polar surface area (TPSA) is 85.6 Å². The lowest BCUT2D eigenvalue weighted by atomic mass is 10.2. The second-order valence-corrected chi connectivity index (χ2v) is 2.15. The summed E-state index contributed by atoms with van der Waals surface area (Å²) in [6, 6.07) is 6.65. The quantitative estimate of drug-likeness (QED) is 0.363. The van der Waals surface area contributed by atoms with E-state index in [-0.39, 0.29) is 0 Å². The summed E-state index contributed by atoms with van der Waals surface area (Å²) in [6.07, 6.45) is 1.74. The van der Waals surface area contributed by atoms with Crippen LogP contribution in [0.15, 0.2) is 18.2 Å². The summed E-state index contributed by atoms with van der Waals surface area (Å²) in [4.78, 5) is 0. The number of benzene rings is 1. The van der Waals surface area contributed by atoms with Crippen LogP contribution in [0, 0.1) is 22.8 Å². The molecule has 0 radical (unpaired) electrons. The van der Waals surface area contributed by atoms with Crippen molar-refractivity contribution in [1.82, 2.24) is 0 Å². The minimum atomic E-state index is 0.454. The van der Waals surface area contributed by atoms with Gasteiger partial charge in [0.1, 0.15) is 0 Å². The first-order valence-corrected chi connectivity index (χ1v) is 3.22. The zero-order valence-corrected chi connectivity index (χ0v) is 6.20. The lowest BCUT2D eigenvalue weighted by molar-refractivity contribution is 1.45. The molecule has 3 N–H and O–H groups in total. The highest BCUT2D eigenvalue weighted by molar-refractivity contribution is 5.69. The van der Waals surface area contributed by atoms with Crippen LogP contribution in [0.4, 0.5) is 11.4 Å². The fraction of sp³-hybridized carbons (Fsp3) is 0. The van der Waals surface area contributed by atoms with Gasteiger partial charge in [-0.25, -0.2) is 0 Å².